The van der Waals surface area contributed by atoms with E-state index in [1.165, 1.54) is 0 Å². The molecule has 0 saturated carbocycles. The molecule has 0 aliphatic carbocycles. The Morgan fingerprint density at radius 3 is 1.94 bits per heavy atom. The van der Waals surface area contributed by atoms with Crippen LogP contribution in [0.2, 0.25) is 0 Å². The molecule has 0 aliphatic heterocycles. The maximum Gasteiger partial charge on any atom is 0.367 e. The molecule has 0 atom stereocenters. The van der Waals surface area contributed by atoms with Gasteiger partial charge in [0.1, 0.15) is 11.5 Å². The standard InChI is InChI=1S/C12H19O5P/c1-4-16-18(13,17-5-2)10-15-12-8-6-11(14-3)7-9-12/h6-9H,4-5,10H2,1-3H3. The highest BCUT2D eigenvalue weighted by atomic mass is 31.2. The zero-order valence-electron chi connectivity index (χ0n) is 10.9. The topological polar surface area (TPSA) is 54.0 Å². The summed E-state index contributed by atoms with van der Waals surface area (Å²) >= 11 is 0. The fourth-order valence-electron chi connectivity index (χ4n) is 1.33. The van der Waals surface area contributed by atoms with Crippen LogP contribution in [0.4, 0.5) is 0 Å². The van der Waals surface area contributed by atoms with Gasteiger partial charge in [-0.1, -0.05) is 0 Å². The minimum atomic E-state index is -3.16. The van der Waals surface area contributed by atoms with Crippen molar-refractivity contribution >= 4 is 7.60 Å². The molecule has 1 aromatic rings. The molecule has 1 rings (SSSR count). The van der Waals surface area contributed by atoms with E-state index in [0.717, 1.165) is 5.75 Å². The second kappa shape index (κ2) is 7.41. The van der Waals surface area contributed by atoms with Gasteiger partial charge >= 0.3 is 7.60 Å². The molecule has 0 unspecified atom stereocenters. The Morgan fingerprint density at radius 2 is 1.50 bits per heavy atom. The van der Waals surface area contributed by atoms with E-state index in [4.69, 9.17) is 18.5 Å². The molecule has 5 nitrogen and oxygen atoms in total. The van der Waals surface area contributed by atoms with Crippen molar-refractivity contribution in [3.8, 4) is 11.5 Å². The van der Waals surface area contributed by atoms with Crippen LogP contribution in [0.5, 0.6) is 11.5 Å². The first-order valence-electron chi connectivity index (χ1n) is 5.78. The Balaban J connectivity index is 2.58. The van der Waals surface area contributed by atoms with Crippen LogP contribution < -0.4 is 9.47 Å². The van der Waals surface area contributed by atoms with Crippen LogP contribution in [0, 0.1) is 0 Å². The van der Waals surface area contributed by atoms with E-state index in [2.05, 4.69) is 0 Å². The summed E-state index contributed by atoms with van der Waals surface area (Å²) in [6.07, 6.45) is -0.0962. The Kier molecular flexibility index (Phi) is 6.19. The molecule has 0 N–H and O–H groups in total. The van der Waals surface area contributed by atoms with Crippen molar-refractivity contribution in [2.75, 3.05) is 26.7 Å². The first-order valence-corrected chi connectivity index (χ1v) is 7.51. The third-order valence-corrected chi connectivity index (χ3v) is 3.85. The van der Waals surface area contributed by atoms with E-state index < -0.39 is 7.60 Å². The van der Waals surface area contributed by atoms with Gasteiger partial charge in [-0.05, 0) is 38.1 Å². The Morgan fingerprint density at radius 1 is 1.00 bits per heavy atom. The van der Waals surface area contributed by atoms with Crippen LogP contribution in [-0.4, -0.2) is 26.7 Å². The highest BCUT2D eigenvalue weighted by molar-refractivity contribution is 7.53. The van der Waals surface area contributed by atoms with Crippen molar-refractivity contribution in [2.24, 2.45) is 0 Å². The average molecular weight is 274 g/mol. The van der Waals surface area contributed by atoms with Crippen LogP contribution in [0.3, 0.4) is 0 Å². The van der Waals surface area contributed by atoms with Crippen molar-refractivity contribution < 1.29 is 23.1 Å². The molecular weight excluding hydrogens is 255 g/mol. The second-order valence-electron chi connectivity index (χ2n) is 3.40. The van der Waals surface area contributed by atoms with Crippen LogP contribution in [0.1, 0.15) is 13.8 Å². The van der Waals surface area contributed by atoms with Gasteiger partial charge in [-0.25, -0.2) is 0 Å². The summed E-state index contributed by atoms with van der Waals surface area (Å²) in [4.78, 5) is 0. The Bertz CT molecular complexity index is 380. The predicted molar refractivity (Wildman–Crippen MR) is 69.3 cm³/mol. The van der Waals surface area contributed by atoms with E-state index in [9.17, 15) is 4.57 Å². The lowest BCUT2D eigenvalue weighted by atomic mass is 10.3. The number of rotatable bonds is 8. The van der Waals surface area contributed by atoms with Crippen molar-refractivity contribution in [3.63, 3.8) is 0 Å². The fourth-order valence-corrected chi connectivity index (χ4v) is 2.65. The number of methoxy groups -OCH3 is 1. The van der Waals surface area contributed by atoms with E-state index in [0.29, 0.717) is 19.0 Å². The van der Waals surface area contributed by atoms with E-state index >= 15 is 0 Å². The van der Waals surface area contributed by atoms with Gasteiger partial charge in [0.25, 0.3) is 0 Å². The molecule has 0 saturated heterocycles. The number of ether oxygens (including phenoxy) is 2. The second-order valence-corrected chi connectivity index (χ2v) is 5.39. The maximum atomic E-state index is 12.1. The van der Waals surface area contributed by atoms with Crippen LogP contribution in [-0.2, 0) is 13.6 Å². The lowest BCUT2D eigenvalue weighted by Gasteiger charge is -2.17. The summed E-state index contributed by atoms with van der Waals surface area (Å²) < 4.78 is 32.8. The van der Waals surface area contributed by atoms with Crippen LogP contribution >= 0.6 is 7.60 Å². The van der Waals surface area contributed by atoms with Crippen LogP contribution in [0.25, 0.3) is 0 Å². The zero-order valence-corrected chi connectivity index (χ0v) is 11.8. The molecule has 102 valence electrons. The molecule has 0 aromatic heterocycles. The smallest absolute Gasteiger partial charge is 0.367 e. The lowest BCUT2D eigenvalue weighted by Crippen LogP contribution is -2.05. The fraction of sp³-hybridized carbons (Fsp3) is 0.500. The first kappa shape index (κ1) is 15.0. The third-order valence-electron chi connectivity index (χ3n) is 2.10. The number of hydrogen-bond acceptors (Lipinski definition) is 5. The highest BCUT2D eigenvalue weighted by Crippen LogP contribution is 2.47. The molecule has 0 fully saturated rings. The number of hydrogen-bond donors (Lipinski definition) is 0. The van der Waals surface area contributed by atoms with Crippen molar-refractivity contribution in [1.82, 2.24) is 0 Å². The van der Waals surface area contributed by atoms with E-state index in [-0.39, 0.29) is 6.35 Å². The molecule has 6 heteroatoms. The maximum absolute atomic E-state index is 12.1. The Labute approximate surface area is 108 Å². The van der Waals surface area contributed by atoms with E-state index in [1.807, 2.05) is 0 Å². The minimum absolute atomic E-state index is 0.0962. The molecular formula is C12H19O5P. The summed E-state index contributed by atoms with van der Waals surface area (Å²) in [5.41, 5.74) is 0. The SMILES string of the molecule is CCOP(=O)(COc1ccc(OC)cc1)OCC. The summed E-state index contributed by atoms with van der Waals surface area (Å²) in [7, 11) is -1.57. The molecule has 0 bridgehead atoms. The van der Waals surface area contributed by atoms with Crippen LogP contribution in [0.15, 0.2) is 24.3 Å². The quantitative estimate of drug-likeness (QED) is 0.681. The van der Waals surface area contributed by atoms with Gasteiger partial charge in [0.15, 0.2) is 6.35 Å². The molecule has 0 amide bonds. The van der Waals surface area contributed by atoms with Gasteiger partial charge in [0.05, 0.1) is 20.3 Å². The van der Waals surface area contributed by atoms with Gasteiger partial charge in [-0.3, -0.25) is 4.57 Å². The minimum Gasteiger partial charge on any atom is -0.497 e. The summed E-state index contributed by atoms with van der Waals surface area (Å²) in [5.74, 6) is 1.33. The number of benzene rings is 1. The van der Waals surface area contributed by atoms with Gasteiger partial charge in [0.2, 0.25) is 0 Å². The van der Waals surface area contributed by atoms with Gasteiger partial charge in [-0.2, -0.15) is 0 Å². The van der Waals surface area contributed by atoms with Gasteiger partial charge < -0.3 is 18.5 Å². The first-order chi connectivity index (χ1) is 8.63. The lowest BCUT2D eigenvalue weighted by molar-refractivity contribution is 0.197. The normalized spacial score (nSPS) is 11.3. The predicted octanol–water partition coefficient (Wildman–Crippen LogP) is 3.30. The van der Waals surface area contributed by atoms with Gasteiger partial charge in [0, 0.05) is 0 Å². The molecule has 0 heterocycles. The molecule has 1 aromatic carbocycles. The summed E-state index contributed by atoms with van der Waals surface area (Å²) in [6.45, 7) is 4.17. The van der Waals surface area contributed by atoms with E-state index in [1.54, 1.807) is 45.2 Å². The van der Waals surface area contributed by atoms with Gasteiger partial charge in [-0.15, -0.1) is 0 Å². The highest BCUT2D eigenvalue weighted by Gasteiger charge is 2.24. The average Bonchev–Trinajstić information content (AvgIpc) is 2.38. The zero-order chi connectivity index (χ0) is 13.4. The van der Waals surface area contributed by atoms with Crippen molar-refractivity contribution in [1.29, 1.82) is 0 Å². The largest absolute Gasteiger partial charge is 0.497 e. The van der Waals surface area contributed by atoms with Crippen molar-refractivity contribution in [2.45, 2.75) is 13.8 Å². The molecule has 0 radical (unpaired) electrons. The summed E-state index contributed by atoms with van der Waals surface area (Å²) in [5, 5.41) is 0. The summed E-state index contributed by atoms with van der Waals surface area (Å²) in [6, 6.07) is 7.01. The Hall–Kier alpha value is -1.03. The molecule has 0 spiro atoms. The third kappa shape index (κ3) is 4.69. The molecule has 0 aliphatic rings. The van der Waals surface area contributed by atoms with Crippen molar-refractivity contribution in [3.05, 3.63) is 24.3 Å². The molecule has 18 heavy (non-hydrogen) atoms. The monoisotopic (exact) mass is 274 g/mol.